The van der Waals surface area contributed by atoms with Crippen molar-refractivity contribution < 1.29 is 28.6 Å². The van der Waals surface area contributed by atoms with E-state index >= 15 is 0 Å². The average Bonchev–Trinajstić information content (AvgIpc) is 3.37. The predicted octanol–water partition coefficient (Wildman–Crippen LogP) is 3.57. The van der Waals surface area contributed by atoms with Crippen LogP contribution in [0.3, 0.4) is 0 Å². The summed E-state index contributed by atoms with van der Waals surface area (Å²) in [5, 5.41) is 11.0. The molecule has 5 rings (SSSR count). The number of ether oxygens (including phenoxy) is 2. The number of likely N-dealkylation sites (tertiary alicyclic amines) is 1. The van der Waals surface area contributed by atoms with Gasteiger partial charge >= 0.3 is 0 Å². The fourth-order valence-corrected chi connectivity index (χ4v) is 3.92. The van der Waals surface area contributed by atoms with Crippen LogP contribution < -0.4 is 9.47 Å². The van der Waals surface area contributed by atoms with Crippen molar-refractivity contribution in [1.82, 2.24) is 9.88 Å². The Balaban J connectivity index is 1.65. The van der Waals surface area contributed by atoms with Gasteiger partial charge in [-0.25, -0.2) is 4.39 Å². The van der Waals surface area contributed by atoms with Crippen LogP contribution in [0.25, 0.3) is 5.76 Å². The van der Waals surface area contributed by atoms with Crippen LogP contribution in [0.5, 0.6) is 11.5 Å². The van der Waals surface area contributed by atoms with Gasteiger partial charge in [-0.15, -0.1) is 0 Å². The van der Waals surface area contributed by atoms with E-state index < -0.39 is 23.5 Å². The van der Waals surface area contributed by atoms with Crippen LogP contribution in [0.4, 0.5) is 4.39 Å². The van der Waals surface area contributed by atoms with E-state index in [1.54, 1.807) is 42.7 Å². The third-order valence-electron chi connectivity index (χ3n) is 5.45. The van der Waals surface area contributed by atoms with E-state index in [2.05, 4.69) is 4.98 Å². The Bertz CT molecular complexity index is 1240. The smallest absolute Gasteiger partial charge is 0.295 e. The van der Waals surface area contributed by atoms with E-state index in [0.717, 1.165) is 5.56 Å². The SMILES string of the molecule is O=C1C(=O)N(Cc2cccnc2)C(c2ccc3c(c2)OCO3)C1=C(O)c1ccc(F)cc1. The fraction of sp³-hybridized carbons (Fsp3) is 0.125. The molecule has 8 heteroatoms. The number of nitrogens with zero attached hydrogens (tertiary/aromatic N) is 2. The molecule has 1 N–H and O–H groups in total. The minimum absolute atomic E-state index is 0.0737. The summed E-state index contributed by atoms with van der Waals surface area (Å²) in [5.74, 6) is -1.39. The third kappa shape index (κ3) is 3.35. The number of pyridine rings is 1. The van der Waals surface area contributed by atoms with Crippen LogP contribution in [0.2, 0.25) is 0 Å². The van der Waals surface area contributed by atoms with Crippen LogP contribution in [0.1, 0.15) is 22.7 Å². The minimum atomic E-state index is -0.880. The van der Waals surface area contributed by atoms with Gasteiger partial charge in [0.2, 0.25) is 6.79 Å². The van der Waals surface area contributed by atoms with Crippen LogP contribution in [0, 0.1) is 5.82 Å². The van der Waals surface area contributed by atoms with E-state index in [-0.39, 0.29) is 30.2 Å². The first-order valence-electron chi connectivity index (χ1n) is 9.86. The number of fused-ring (bicyclic) bond motifs is 1. The van der Waals surface area contributed by atoms with Gasteiger partial charge < -0.3 is 19.5 Å². The average molecular weight is 432 g/mol. The number of benzene rings is 2. The Morgan fingerprint density at radius 1 is 1.09 bits per heavy atom. The number of hydrogen-bond acceptors (Lipinski definition) is 6. The molecule has 0 spiro atoms. The van der Waals surface area contributed by atoms with Gasteiger partial charge in [-0.2, -0.15) is 0 Å². The minimum Gasteiger partial charge on any atom is -0.507 e. The number of aliphatic hydroxyl groups is 1. The molecule has 2 aromatic carbocycles. The number of Topliss-reactive ketones (excluding diaryl/α,β-unsaturated/α-hetero) is 1. The van der Waals surface area contributed by atoms with E-state index in [0.29, 0.717) is 17.1 Å². The molecule has 3 heterocycles. The summed E-state index contributed by atoms with van der Waals surface area (Å²) in [7, 11) is 0. The summed E-state index contributed by atoms with van der Waals surface area (Å²) in [5.41, 5.74) is 1.45. The van der Waals surface area contributed by atoms with E-state index in [4.69, 9.17) is 9.47 Å². The van der Waals surface area contributed by atoms with Crippen LogP contribution >= 0.6 is 0 Å². The Morgan fingerprint density at radius 3 is 2.62 bits per heavy atom. The molecule has 0 saturated carbocycles. The molecule has 32 heavy (non-hydrogen) atoms. The van der Waals surface area contributed by atoms with Crippen molar-refractivity contribution in [3.05, 3.63) is 95.1 Å². The summed E-state index contributed by atoms with van der Waals surface area (Å²) < 4.78 is 24.2. The summed E-state index contributed by atoms with van der Waals surface area (Å²) in [6.07, 6.45) is 3.22. The van der Waals surface area contributed by atoms with Gasteiger partial charge in [0, 0.05) is 24.5 Å². The predicted molar refractivity (Wildman–Crippen MR) is 111 cm³/mol. The maximum Gasteiger partial charge on any atom is 0.295 e. The lowest BCUT2D eigenvalue weighted by Crippen LogP contribution is -2.29. The van der Waals surface area contributed by atoms with Crippen molar-refractivity contribution >= 4 is 17.4 Å². The molecule has 1 atom stereocenters. The van der Waals surface area contributed by atoms with E-state index in [1.165, 1.54) is 29.2 Å². The summed E-state index contributed by atoms with van der Waals surface area (Å²) in [6.45, 7) is 0.182. The lowest BCUT2D eigenvalue weighted by atomic mass is 9.95. The first kappa shape index (κ1) is 19.7. The van der Waals surface area contributed by atoms with Gasteiger partial charge in [0.1, 0.15) is 11.6 Å². The second-order valence-electron chi connectivity index (χ2n) is 7.41. The van der Waals surface area contributed by atoms with Gasteiger partial charge in [0.15, 0.2) is 11.5 Å². The number of amides is 1. The summed E-state index contributed by atoms with van der Waals surface area (Å²) in [4.78, 5) is 31.5. The zero-order valence-corrected chi connectivity index (χ0v) is 16.7. The van der Waals surface area contributed by atoms with Crippen molar-refractivity contribution in [3.63, 3.8) is 0 Å². The molecule has 0 radical (unpaired) electrons. The second kappa shape index (κ2) is 7.81. The highest BCUT2D eigenvalue weighted by molar-refractivity contribution is 6.46. The Labute approximate surface area is 182 Å². The zero-order chi connectivity index (χ0) is 22.2. The quantitative estimate of drug-likeness (QED) is 0.385. The molecule has 1 aromatic heterocycles. The van der Waals surface area contributed by atoms with Crippen LogP contribution in [-0.2, 0) is 16.1 Å². The van der Waals surface area contributed by atoms with E-state index in [1.807, 2.05) is 0 Å². The van der Waals surface area contributed by atoms with Gasteiger partial charge in [-0.1, -0.05) is 12.1 Å². The number of carbonyl (C=O) groups excluding carboxylic acids is 2. The topological polar surface area (TPSA) is 89.0 Å². The Morgan fingerprint density at radius 2 is 1.88 bits per heavy atom. The Hall–Kier alpha value is -4.20. The largest absolute Gasteiger partial charge is 0.507 e. The molecule has 0 aliphatic carbocycles. The molecular formula is C24H17FN2O5. The van der Waals surface area contributed by atoms with Gasteiger partial charge in [0.05, 0.1) is 11.6 Å². The monoisotopic (exact) mass is 432 g/mol. The lowest BCUT2D eigenvalue weighted by Gasteiger charge is -2.25. The molecule has 3 aromatic rings. The normalized spacial score (nSPS) is 18.9. The maximum atomic E-state index is 13.4. The first-order chi connectivity index (χ1) is 15.5. The number of rotatable bonds is 4. The molecule has 1 unspecified atom stereocenters. The molecular weight excluding hydrogens is 415 g/mol. The number of carbonyl (C=O) groups is 2. The van der Waals surface area contributed by atoms with Crippen LogP contribution in [0.15, 0.2) is 72.6 Å². The fourth-order valence-electron chi connectivity index (χ4n) is 3.92. The Kier molecular flexibility index (Phi) is 4.82. The third-order valence-corrected chi connectivity index (χ3v) is 5.45. The van der Waals surface area contributed by atoms with Gasteiger partial charge in [-0.3, -0.25) is 14.6 Å². The van der Waals surface area contributed by atoms with Crippen molar-refractivity contribution in [2.75, 3.05) is 6.79 Å². The molecule has 2 aliphatic rings. The molecule has 0 bridgehead atoms. The van der Waals surface area contributed by atoms with Crippen LogP contribution in [-0.4, -0.2) is 33.5 Å². The second-order valence-corrected chi connectivity index (χ2v) is 7.41. The summed E-state index contributed by atoms with van der Waals surface area (Å²) >= 11 is 0. The number of hydrogen-bond donors (Lipinski definition) is 1. The lowest BCUT2D eigenvalue weighted by molar-refractivity contribution is -0.140. The summed E-state index contributed by atoms with van der Waals surface area (Å²) in [6, 6.07) is 12.8. The molecule has 2 aliphatic heterocycles. The number of aromatic nitrogens is 1. The van der Waals surface area contributed by atoms with Crippen molar-refractivity contribution in [2.45, 2.75) is 12.6 Å². The number of ketones is 1. The van der Waals surface area contributed by atoms with Crippen molar-refractivity contribution in [2.24, 2.45) is 0 Å². The standard InChI is InChI=1S/C24H17FN2O5/c25-17-6-3-15(4-7-17)22(28)20-21(16-5-8-18-19(10-16)32-13-31-18)27(24(30)23(20)29)12-14-2-1-9-26-11-14/h1-11,21,28H,12-13H2. The van der Waals surface area contributed by atoms with Crippen molar-refractivity contribution in [1.29, 1.82) is 0 Å². The first-order valence-corrected chi connectivity index (χ1v) is 9.86. The highest BCUT2D eigenvalue weighted by atomic mass is 19.1. The van der Waals surface area contributed by atoms with Gasteiger partial charge in [-0.05, 0) is 53.6 Å². The molecule has 1 fully saturated rings. The highest BCUT2D eigenvalue weighted by Gasteiger charge is 2.46. The highest BCUT2D eigenvalue weighted by Crippen LogP contribution is 2.43. The van der Waals surface area contributed by atoms with Gasteiger partial charge in [0.25, 0.3) is 11.7 Å². The molecule has 1 saturated heterocycles. The number of halogens is 1. The molecule has 160 valence electrons. The van der Waals surface area contributed by atoms with E-state index in [9.17, 15) is 19.1 Å². The maximum absolute atomic E-state index is 13.4. The molecule has 7 nitrogen and oxygen atoms in total. The van der Waals surface area contributed by atoms with Crippen molar-refractivity contribution in [3.8, 4) is 11.5 Å². The molecule has 1 amide bonds. The number of aliphatic hydroxyl groups excluding tert-OH is 1. The zero-order valence-electron chi connectivity index (χ0n) is 16.7.